The number of rotatable bonds is 1. The second-order valence-corrected chi connectivity index (χ2v) is 11.2. The van der Waals surface area contributed by atoms with Gasteiger partial charge in [0.1, 0.15) is 29.3 Å². The van der Waals surface area contributed by atoms with E-state index in [4.69, 9.17) is 13.6 Å². The smallest absolute Gasteiger partial charge is 0.228 e. The van der Waals surface area contributed by atoms with Gasteiger partial charge >= 0.3 is 0 Å². The number of furan rings is 2. The van der Waals surface area contributed by atoms with Crippen molar-refractivity contribution in [3.63, 3.8) is 0 Å². The van der Waals surface area contributed by atoms with Crippen molar-refractivity contribution in [2.24, 2.45) is 12.5 Å². The number of pyridine rings is 1. The second kappa shape index (κ2) is 6.66. The third-order valence-corrected chi connectivity index (χ3v) is 7.44. The quantitative estimate of drug-likeness (QED) is 0.230. The highest BCUT2D eigenvalue weighted by molar-refractivity contribution is 6.18. The summed E-state index contributed by atoms with van der Waals surface area (Å²) < 4.78 is 21.6. The first-order valence-electron chi connectivity index (χ1n) is 12.2. The third-order valence-electron chi connectivity index (χ3n) is 7.44. The Morgan fingerprint density at radius 3 is 2.49 bits per heavy atom. The van der Waals surface area contributed by atoms with Crippen LogP contribution in [0.3, 0.4) is 0 Å². The van der Waals surface area contributed by atoms with Crippen molar-refractivity contribution in [2.45, 2.75) is 41.0 Å². The summed E-state index contributed by atoms with van der Waals surface area (Å²) >= 11 is 0. The summed E-state index contributed by atoms with van der Waals surface area (Å²) in [7, 11) is 2.10. The van der Waals surface area contributed by atoms with Crippen molar-refractivity contribution in [3.05, 3.63) is 65.5 Å². The Kier molecular flexibility index (Phi) is 3.91. The lowest BCUT2D eigenvalue weighted by Gasteiger charge is -2.22. The summed E-state index contributed by atoms with van der Waals surface area (Å²) in [5, 5.41) is 5.60. The largest absolute Gasteiger partial charge is 0.464 e. The predicted molar refractivity (Wildman–Crippen MR) is 140 cm³/mol. The molecular weight excluding hydrogens is 434 g/mol. The molecule has 0 atom stereocenters. The molecule has 0 N–H and O–H groups in total. The van der Waals surface area contributed by atoms with E-state index in [2.05, 4.69) is 82.8 Å². The third kappa shape index (κ3) is 2.71. The van der Waals surface area contributed by atoms with E-state index < -0.39 is 0 Å². The predicted octanol–water partition coefficient (Wildman–Crippen LogP) is 8.29. The molecule has 3 aromatic heterocycles. The van der Waals surface area contributed by atoms with Gasteiger partial charge < -0.3 is 13.6 Å². The first-order chi connectivity index (χ1) is 16.7. The monoisotopic (exact) mass is 462 g/mol. The first kappa shape index (κ1) is 20.6. The van der Waals surface area contributed by atoms with Gasteiger partial charge in [-0.05, 0) is 54.3 Å². The number of para-hydroxylation sites is 1. The zero-order valence-electron chi connectivity index (χ0n) is 21.0. The molecule has 0 radical (unpaired) electrons. The first-order valence-corrected chi connectivity index (χ1v) is 12.2. The SMILES string of the molecule is Cc1c2c(c(C)c3occc13)Oc1c3oc4c(CC(C)(C)C)cccc4c3cc3cc[n+](C)c-2c13. The van der Waals surface area contributed by atoms with Crippen LogP contribution in [0.2, 0.25) is 0 Å². The van der Waals surface area contributed by atoms with Crippen LogP contribution in [0.15, 0.2) is 57.7 Å². The second-order valence-electron chi connectivity index (χ2n) is 11.2. The summed E-state index contributed by atoms with van der Waals surface area (Å²) in [5.41, 5.74) is 8.49. The zero-order chi connectivity index (χ0) is 24.2. The summed E-state index contributed by atoms with van der Waals surface area (Å²) in [6.07, 6.45) is 4.85. The molecule has 4 heteroatoms. The van der Waals surface area contributed by atoms with Gasteiger partial charge in [-0.15, -0.1) is 0 Å². The molecule has 0 bridgehead atoms. The van der Waals surface area contributed by atoms with Crippen molar-refractivity contribution in [3.8, 4) is 22.8 Å². The molecule has 0 unspecified atom stereocenters. The molecule has 1 aliphatic rings. The molecule has 7 rings (SSSR count). The van der Waals surface area contributed by atoms with Crippen LogP contribution in [0.25, 0.3) is 54.9 Å². The van der Waals surface area contributed by atoms with Gasteiger partial charge in [-0.3, -0.25) is 0 Å². The number of aryl methyl sites for hydroxylation is 3. The van der Waals surface area contributed by atoms with Crippen LogP contribution in [0, 0.1) is 19.3 Å². The Morgan fingerprint density at radius 1 is 0.857 bits per heavy atom. The van der Waals surface area contributed by atoms with Gasteiger partial charge in [0.15, 0.2) is 17.5 Å². The normalized spacial score (nSPS) is 13.2. The molecular formula is C31H28NO3+. The molecule has 4 heterocycles. The van der Waals surface area contributed by atoms with Crippen molar-refractivity contribution in [1.29, 1.82) is 0 Å². The van der Waals surface area contributed by atoms with Crippen LogP contribution in [-0.4, -0.2) is 0 Å². The Morgan fingerprint density at radius 2 is 1.69 bits per heavy atom. The average molecular weight is 463 g/mol. The number of hydrogen-bond acceptors (Lipinski definition) is 3. The van der Waals surface area contributed by atoms with Crippen molar-refractivity contribution in [2.75, 3.05) is 0 Å². The van der Waals surface area contributed by atoms with E-state index >= 15 is 0 Å². The summed E-state index contributed by atoms with van der Waals surface area (Å²) in [5.74, 6) is 1.64. The lowest BCUT2D eigenvalue weighted by molar-refractivity contribution is -0.659. The topological polar surface area (TPSA) is 39.4 Å². The summed E-state index contributed by atoms with van der Waals surface area (Å²) in [6, 6.07) is 13.0. The molecule has 4 nitrogen and oxygen atoms in total. The Hall–Kier alpha value is -3.79. The Bertz CT molecular complexity index is 1860. The average Bonchev–Trinajstić information content (AvgIpc) is 3.44. The molecule has 3 aromatic carbocycles. The molecule has 6 aromatic rings. The highest BCUT2D eigenvalue weighted by Crippen LogP contribution is 2.53. The number of aromatic nitrogens is 1. The van der Waals surface area contributed by atoms with Gasteiger partial charge in [-0.1, -0.05) is 39.0 Å². The molecule has 0 fully saturated rings. The van der Waals surface area contributed by atoms with Crippen molar-refractivity contribution < 1.29 is 18.1 Å². The van der Waals surface area contributed by atoms with Crippen molar-refractivity contribution in [1.82, 2.24) is 0 Å². The molecule has 0 saturated heterocycles. The fourth-order valence-corrected chi connectivity index (χ4v) is 5.91. The van der Waals surface area contributed by atoms with Crippen LogP contribution < -0.4 is 9.30 Å². The molecule has 1 aliphatic heterocycles. The highest BCUT2D eigenvalue weighted by Gasteiger charge is 2.35. The minimum atomic E-state index is 0.158. The zero-order valence-corrected chi connectivity index (χ0v) is 21.0. The van der Waals surface area contributed by atoms with Gasteiger partial charge in [0.05, 0.1) is 11.8 Å². The van der Waals surface area contributed by atoms with E-state index in [1.165, 1.54) is 11.1 Å². The molecule has 174 valence electrons. The minimum absolute atomic E-state index is 0.158. The number of benzene rings is 3. The molecule has 0 amide bonds. The lowest BCUT2D eigenvalue weighted by Crippen LogP contribution is -2.32. The maximum Gasteiger partial charge on any atom is 0.228 e. The van der Waals surface area contributed by atoms with Crippen molar-refractivity contribution >= 4 is 43.7 Å². The number of fused-ring (bicyclic) bond motifs is 7. The van der Waals surface area contributed by atoms with E-state index in [0.717, 1.165) is 78.4 Å². The van der Waals surface area contributed by atoms with Gasteiger partial charge in [0.2, 0.25) is 5.69 Å². The number of ether oxygens (including phenoxy) is 1. The standard InChI is InChI=1S/C31H28NO3/c1-16-20-11-13-33-26(20)17(2)27-23(16)25-24-18(10-12-32(25)6)14-22-21-9-7-8-19(15-31(3,4)5)28(21)35-29(22)30(24)34-27/h7-14H,15H2,1-6H3/q+1. The van der Waals surface area contributed by atoms with E-state index in [1.54, 1.807) is 6.26 Å². The van der Waals surface area contributed by atoms with Crippen LogP contribution in [-0.2, 0) is 13.5 Å². The number of hydrogen-bond donors (Lipinski definition) is 0. The van der Waals surface area contributed by atoms with E-state index in [0.29, 0.717) is 0 Å². The van der Waals surface area contributed by atoms with Crippen LogP contribution in [0.1, 0.15) is 37.5 Å². The van der Waals surface area contributed by atoms with E-state index in [1.807, 2.05) is 6.07 Å². The van der Waals surface area contributed by atoms with Gasteiger partial charge in [-0.2, -0.15) is 0 Å². The van der Waals surface area contributed by atoms with Crippen LogP contribution in [0.4, 0.5) is 0 Å². The fraction of sp³-hybridized carbons (Fsp3) is 0.258. The Labute approximate surface area is 203 Å². The van der Waals surface area contributed by atoms with E-state index in [9.17, 15) is 0 Å². The van der Waals surface area contributed by atoms with Gasteiger partial charge in [-0.25, -0.2) is 4.57 Å². The number of nitrogens with zero attached hydrogens (tertiary/aromatic N) is 1. The maximum absolute atomic E-state index is 6.81. The maximum atomic E-state index is 6.81. The molecule has 35 heavy (non-hydrogen) atoms. The summed E-state index contributed by atoms with van der Waals surface area (Å²) in [6.45, 7) is 11.0. The lowest BCUT2D eigenvalue weighted by atomic mass is 9.87. The highest BCUT2D eigenvalue weighted by atomic mass is 16.5. The fourth-order valence-electron chi connectivity index (χ4n) is 5.91. The Balaban J connectivity index is 1.64. The molecule has 0 spiro atoms. The van der Waals surface area contributed by atoms with Gasteiger partial charge in [0, 0.05) is 27.8 Å². The van der Waals surface area contributed by atoms with Crippen LogP contribution in [0.5, 0.6) is 11.5 Å². The van der Waals surface area contributed by atoms with E-state index in [-0.39, 0.29) is 5.41 Å². The summed E-state index contributed by atoms with van der Waals surface area (Å²) in [4.78, 5) is 0. The molecule has 0 saturated carbocycles. The minimum Gasteiger partial charge on any atom is -0.464 e. The molecule has 0 aliphatic carbocycles. The van der Waals surface area contributed by atoms with Gasteiger partial charge in [0.25, 0.3) is 0 Å². The van der Waals surface area contributed by atoms with Crippen LogP contribution >= 0.6 is 0 Å².